The number of aromatic amines is 1. The van der Waals surface area contributed by atoms with E-state index in [0.717, 1.165) is 16.8 Å². The molecule has 2 heterocycles. The van der Waals surface area contributed by atoms with Crippen LogP contribution in [0.1, 0.15) is 16.8 Å². The van der Waals surface area contributed by atoms with Crippen molar-refractivity contribution in [1.82, 2.24) is 15.1 Å². The second-order valence-corrected chi connectivity index (χ2v) is 5.45. The summed E-state index contributed by atoms with van der Waals surface area (Å²) in [7, 11) is 1.60. The molecule has 1 aromatic carbocycles. The van der Waals surface area contributed by atoms with Crippen LogP contribution >= 0.6 is 0 Å². The minimum absolute atomic E-state index is 0.118. The fraction of sp³-hybridized carbons (Fsp3) is 0.235. The van der Waals surface area contributed by atoms with Crippen LogP contribution < -0.4 is 15.6 Å². The van der Waals surface area contributed by atoms with Gasteiger partial charge in [-0.25, -0.2) is 0 Å². The van der Waals surface area contributed by atoms with Gasteiger partial charge >= 0.3 is 6.01 Å². The lowest BCUT2D eigenvalue weighted by Gasteiger charge is -2.05. The molecule has 0 spiro atoms. The number of aromatic nitrogens is 3. The molecule has 0 aliphatic heterocycles. The first-order valence-electron chi connectivity index (χ1n) is 7.48. The van der Waals surface area contributed by atoms with Crippen molar-refractivity contribution in [3.63, 3.8) is 0 Å². The van der Waals surface area contributed by atoms with E-state index >= 15 is 0 Å². The lowest BCUT2D eigenvalue weighted by molar-refractivity contribution is 0.414. The summed E-state index contributed by atoms with van der Waals surface area (Å²) in [4.78, 5) is 19.1. The Bertz CT molecular complexity index is 914. The van der Waals surface area contributed by atoms with Crippen LogP contribution in [0.4, 0.5) is 6.01 Å². The number of methoxy groups -OCH3 is 1. The number of hydrogen-bond donors (Lipinski definition) is 2. The number of anilines is 1. The Morgan fingerprint density at radius 2 is 2.12 bits per heavy atom. The summed E-state index contributed by atoms with van der Waals surface area (Å²) in [6.45, 7) is 4.06. The first kappa shape index (κ1) is 15.8. The maximum absolute atomic E-state index is 12.0. The summed E-state index contributed by atoms with van der Waals surface area (Å²) >= 11 is 0. The SMILES string of the molecule is COc1cccc(-c2noc(NCc3c(C)cc(C)[nH]c3=O)n2)c1. The minimum atomic E-state index is -0.118. The van der Waals surface area contributed by atoms with Gasteiger partial charge in [-0.3, -0.25) is 4.79 Å². The predicted molar refractivity (Wildman–Crippen MR) is 90.1 cm³/mol. The Hall–Kier alpha value is -3.09. The van der Waals surface area contributed by atoms with E-state index in [9.17, 15) is 4.79 Å². The lowest BCUT2D eigenvalue weighted by atomic mass is 10.1. The van der Waals surface area contributed by atoms with Gasteiger partial charge in [0.15, 0.2) is 0 Å². The Kier molecular flexibility index (Phi) is 4.33. The maximum Gasteiger partial charge on any atom is 0.322 e. The molecule has 0 radical (unpaired) electrons. The number of aryl methyl sites for hydroxylation is 2. The zero-order chi connectivity index (χ0) is 17.1. The molecule has 0 amide bonds. The van der Waals surface area contributed by atoms with E-state index in [2.05, 4.69) is 20.4 Å². The van der Waals surface area contributed by atoms with E-state index in [4.69, 9.17) is 9.26 Å². The third kappa shape index (κ3) is 3.29. The van der Waals surface area contributed by atoms with Gasteiger partial charge in [-0.2, -0.15) is 4.98 Å². The van der Waals surface area contributed by atoms with Crippen LogP contribution in [-0.2, 0) is 6.54 Å². The van der Waals surface area contributed by atoms with Crippen molar-refractivity contribution in [1.29, 1.82) is 0 Å². The van der Waals surface area contributed by atoms with Crippen LogP contribution in [0, 0.1) is 13.8 Å². The first-order chi connectivity index (χ1) is 11.6. The topological polar surface area (TPSA) is 93.0 Å². The Labute approximate surface area is 138 Å². The first-order valence-corrected chi connectivity index (χ1v) is 7.48. The number of ether oxygens (including phenoxy) is 1. The number of nitrogens with zero attached hydrogens (tertiary/aromatic N) is 2. The highest BCUT2D eigenvalue weighted by Crippen LogP contribution is 2.22. The molecule has 0 unspecified atom stereocenters. The van der Waals surface area contributed by atoms with Gasteiger partial charge in [-0.15, -0.1) is 0 Å². The van der Waals surface area contributed by atoms with Crippen LogP contribution in [0.25, 0.3) is 11.4 Å². The zero-order valence-corrected chi connectivity index (χ0v) is 13.7. The fourth-order valence-corrected chi connectivity index (χ4v) is 2.44. The molecule has 0 atom stereocenters. The van der Waals surface area contributed by atoms with E-state index < -0.39 is 0 Å². The summed E-state index contributed by atoms with van der Waals surface area (Å²) in [5.41, 5.74) is 3.06. The minimum Gasteiger partial charge on any atom is -0.497 e. The van der Waals surface area contributed by atoms with Crippen molar-refractivity contribution in [3.8, 4) is 17.1 Å². The molecule has 0 fully saturated rings. The van der Waals surface area contributed by atoms with Crippen molar-refractivity contribution < 1.29 is 9.26 Å². The van der Waals surface area contributed by atoms with Gasteiger partial charge in [0.05, 0.1) is 13.7 Å². The third-order valence-electron chi connectivity index (χ3n) is 3.66. The Balaban J connectivity index is 1.76. The summed E-state index contributed by atoms with van der Waals surface area (Å²) in [5, 5.41) is 6.93. The van der Waals surface area contributed by atoms with Crippen molar-refractivity contribution in [2.45, 2.75) is 20.4 Å². The van der Waals surface area contributed by atoms with Crippen molar-refractivity contribution in [3.05, 3.63) is 57.5 Å². The number of hydrogen-bond acceptors (Lipinski definition) is 6. The second kappa shape index (κ2) is 6.57. The van der Waals surface area contributed by atoms with Crippen LogP contribution in [-0.4, -0.2) is 22.2 Å². The molecule has 2 N–H and O–H groups in total. The highest BCUT2D eigenvalue weighted by atomic mass is 16.5. The maximum atomic E-state index is 12.0. The number of H-pyrrole nitrogens is 1. The van der Waals surface area contributed by atoms with E-state index in [-0.39, 0.29) is 11.6 Å². The summed E-state index contributed by atoms with van der Waals surface area (Å²) in [6, 6.07) is 9.57. The molecule has 0 saturated heterocycles. The van der Waals surface area contributed by atoms with E-state index in [1.807, 2.05) is 44.2 Å². The molecule has 3 rings (SSSR count). The highest BCUT2D eigenvalue weighted by Gasteiger charge is 2.11. The second-order valence-electron chi connectivity index (χ2n) is 5.45. The van der Waals surface area contributed by atoms with Crippen molar-refractivity contribution in [2.75, 3.05) is 12.4 Å². The van der Waals surface area contributed by atoms with Gasteiger partial charge in [-0.05, 0) is 37.6 Å². The molecule has 0 aliphatic rings. The highest BCUT2D eigenvalue weighted by molar-refractivity contribution is 5.57. The van der Waals surface area contributed by atoms with E-state index in [1.165, 1.54) is 0 Å². The normalized spacial score (nSPS) is 10.6. The third-order valence-corrected chi connectivity index (χ3v) is 3.66. The fourth-order valence-electron chi connectivity index (χ4n) is 2.44. The smallest absolute Gasteiger partial charge is 0.322 e. The quantitative estimate of drug-likeness (QED) is 0.749. The summed E-state index contributed by atoms with van der Waals surface area (Å²) in [5.74, 6) is 1.17. The van der Waals surface area contributed by atoms with E-state index in [1.54, 1.807) is 7.11 Å². The number of rotatable bonds is 5. The van der Waals surface area contributed by atoms with Crippen molar-refractivity contribution in [2.24, 2.45) is 0 Å². The molecule has 0 aliphatic carbocycles. The molecule has 7 heteroatoms. The van der Waals surface area contributed by atoms with Gasteiger partial charge < -0.3 is 19.6 Å². The largest absolute Gasteiger partial charge is 0.497 e. The van der Waals surface area contributed by atoms with Crippen LogP contribution in [0.5, 0.6) is 5.75 Å². The Morgan fingerprint density at radius 3 is 2.88 bits per heavy atom. The molecular weight excluding hydrogens is 308 g/mol. The van der Waals surface area contributed by atoms with Gasteiger partial charge in [0.2, 0.25) is 5.82 Å². The summed E-state index contributed by atoms with van der Waals surface area (Å²) < 4.78 is 10.4. The predicted octanol–water partition coefficient (Wildman–Crippen LogP) is 2.66. The average Bonchev–Trinajstić information content (AvgIpc) is 3.03. The van der Waals surface area contributed by atoms with Gasteiger partial charge in [0.1, 0.15) is 5.75 Å². The number of pyridine rings is 1. The molecule has 7 nitrogen and oxygen atoms in total. The molecule has 2 aromatic heterocycles. The van der Waals surface area contributed by atoms with Gasteiger partial charge in [0, 0.05) is 16.8 Å². The van der Waals surface area contributed by atoms with Gasteiger partial charge in [0.25, 0.3) is 5.56 Å². The zero-order valence-electron chi connectivity index (χ0n) is 13.7. The monoisotopic (exact) mass is 326 g/mol. The van der Waals surface area contributed by atoms with Gasteiger partial charge in [-0.1, -0.05) is 17.3 Å². The molecule has 124 valence electrons. The van der Waals surface area contributed by atoms with Crippen LogP contribution in [0.15, 0.2) is 39.6 Å². The molecule has 3 aromatic rings. The van der Waals surface area contributed by atoms with Crippen LogP contribution in [0.3, 0.4) is 0 Å². The van der Waals surface area contributed by atoms with Crippen LogP contribution in [0.2, 0.25) is 0 Å². The number of nitrogens with one attached hydrogen (secondary N) is 2. The standard InChI is InChI=1S/C17H18N4O3/c1-10-7-11(2)19-16(22)14(10)9-18-17-20-15(21-24-17)12-5-4-6-13(8-12)23-3/h4-8H,9H2,1-3H3,(H,19,22)(H,18,20,21). The Morgan fingerprint density at radius 1 is 1.29 bits per heavy atom. The molecule has 0 bridgehead atoms. The molecule has 24 heavy (non-hydrogen) atoms. The molecule has 0 saturated carbocycles. The van der Waals surface area contributed by atoms with Crippen molar-refractivity contribution >= 4 is 6.01 Å². The van der Waals surface area contributed by atoms with E-state index in [0.29, 0.717) is 23.7 Å². The molecular formula is C17H18N4O3. The number of benzene rings is 1. The lowest BCUT2D eigenvalue weighted by Crippen LogP contribution is -2.18. The summed E-state index contributed by atoms with van der Waals surface area (Å²) in [6.07, 6.45) is 0. The average molecular weight is 326 g/mol.